The number of unbranched alkanes of at least 4 members (excludes halogenated alkanes) is 1. The Morgan fingerprint density at radius 3 is 2.24 bits per heavy atom. The SMILES string of the molecule is CCC1(CC)CCN(CCCCC(N)=S)CC1. The Kier molecular flexibility index (Phi) is 6.42. The fraction of sp³-hybridized carbons (Fsp3) is 0.929. The van der Waals surface area contributed by atoms with Crippen LogP contribution in [0, 0.1) is 5.41 Å². The Labute approximate surface area is 112 Å². The molecule has 0 unspecified atom stereocenters. The maximum atomic E-state index is 5.50. The van der Waals surface area contributed by atoms with Crippen LogP contribution in [0.25, 0.3) is 0 Å². The van der Waals surface area contributed by atoms with Crippen LogP contribution < -0.4 is 5.73 Å². The second-order valence-electron chi connectivity index (χ2n) is 5.47. The van der Waals surface area contributed by atoms with Crippen LogP contribution in [0.2, 0.25) is 0 Å². The van der Waals surface area contributed by atoms with Crippen molar-refractivity contribution in [3.8, 4) is 0 Å². The monoisotopic (exact) mass is 256 g/mol. The topological polar surface area (TPSA) is 29.3 Å². The first-order chi connectivity index (χ1) is 8.12. The van der Waals surface area contributed by atoms with Gasteiger partial charge in [0, 0.05) is 0 Å². The molecular weight excluding hydrogens is 228 g/mol. The fourth-order valence-corrected chi connectivity index (χ4v) is 2.99. The molecule has 0 radical (unpaired) electrons. The summed E-state index contributed by atoms with van der Waals surface area (Å²) >= 11 is 4.89. The van der Waals surface area contributed by atoms with Crippen molar-refractivity contribution in [1.29, 1.82) is 0 Å². The maximum absolute atomic E-state index is 5.50. The molecule has 0 aromatic carbocycles. The highest BCUT2D eigenvalue weighted by molar-refractivity contribution is 7.80. The average Bonchev–Trinajstić information content (AvgIpc) is 2.35. The minimum atomic E-state index is 0.648. The number of piperidine rings is 1. The van der Waals surface area contributed by atoms with Crippen molar-refractivity contribution in [2.75, 3.05) is 19.6 Å². The Balaban J connectivity index is 2.16. The summed E-state index contributed by atoms with van der Waals surface area (Å²) in [5.74, 6) is 0. The van der Waals surface area contributed by atoms with Crippen molar-refractivity contribution in [3.05, 3.63) is 0 Å². The number of nitrogens with zero attached hydrogens (tertiary/aromatic N) is 1. The standard InChI is InChI=1S/C14H28N2S/c1-3-14(4-2)8-11-16(12-9-14)10-6-5-7-13(15)17/h3-12H2,1-2H3,(H2,15,17). The number of hydrogen-bond donors (Lipinski definition) is 1. The van der Waals surface area contributed by atoms with E-state index in [1.807, 2.05) is 0 Å². The molecule has 0 atom stereocenters. The number of likely N-dealkylation sites (tertiary alicyclic amines) is 1. The van der Waals surface area contributed by atoms with Crippen molar-refractivity contribution in [2.45, 2.75) is 58.8 Å². The van der Waals surface area contributed by atoms with E-state index in [0.29, 0.717) is 10.4 Å². The fourth-order valence-electron chi connectivity index (χ4n) is 2.84. The van der Waals surface area contributed by atoms with Crippen LogP contribution in [0.4, 0.5) is 0 Å². The van der Waals surface area contributed by atoms with Gasteiger partial charge in [-0.05, 0) is 57.2 Å². The van der Waals surface area contributed by atoms with Gasteiger partial charge in [-0.2, -0.15) is 0 Å². The first-order valence-electron chi connectivity index (χ1n) is 7.12. The molecule has 2 nitrogen and oxygen atoms in total. The smallest absolute Gasteiger partial charge is 0.0727 e. The van der Waals surface area contributed by atoms with E-state index in [2.05, 4.69) is 18.7 Å². The van der Waals surface area contributed by atoms with Crippen molar-refractivity contribution < 1.29 is 0 Å². The summed E-state index contributed by atoms with van der Waals surface area (Å²) in [5, 5.41) is 0. The van der Waals surface area contributed by atoms with Crippen molar-refractivity contribution in [3.63, 3.8) is 0 Å². The molecule has 1 aliphatic rings. The van der Waals surface area contributed by atoms with Gasteiger partial charge in [-0.1, -0.05) is 38.9 Å². The lowest BCUT2D eigenvalue weighted by molar-refractivity contribution is 0.0945. The molecule has 0 aromatic heterocycles. The molecule has 1 heterocycles. The van der Waals surface area contributed by atoms with Crippen molar-refractivity contribution in [2.24, 2.45) is 11.1 Å². The van der Waals surface area contributed by atoms with Gasteiger partial charge >= 0.3 is 0 Å². The Hall–Kier alpha value is -0.150. The summed E-state index contributed by atoms with van der Waals surface area (Å²) in [6.07, 6.45) is 8.76. The minimum absolute atomic E-state index is 0.648. The summed E-state index contributed by atoms with van der Waals surface area (Å²) in [4.78, 5) is 3.28. The van der Waals surface area contributed by atoms with Gasteiger partial charge in [-0.15, -0.1) is 0 Å². The molecular formula is C14H28N2S. The molecule has 0 amide bonds. The third kappa shape index (κ3) is 4.92. The summed E-state index contributed by atoms with van der Waals surface area (Å²) in [6.45, 7) is 8.50. The van der Waals surface area contributed by atoms with Crippen molar-refractivity contribution >= 4 is 17.2 Å². The molecule has 0 spiro atoms. The zero-order chi connectivity index (χ0) is 12.7. The van der Waals surface area contributed by atoms with Gasteiger partial charge < -0.3 is 10.6 Å². The van der Waals surface area contributed by atoms with Crippen LogP contribution in [-0.4, -0.2) is 29.5 Å². The van der Waals surface area contributed by atoms with Crippen LogP contribution in [0.3, 0.4) is 0 Å². The largest absolute Gasteiger partial charge is 0.393 e. The van der Waals surface area contributed by atoms with Crippen molar-refractivity contribution in [1.82, 2.24) is 4.90 Å². The Bertz CT molecular complexity index is 226. The van der Waals surface area contributed by atoms with Gasteiger partial charge in [0.1, 0.15) is 0 Å². The highest BCUT2D eigenvalue weighted by atomic mass is 32.1. The lowest BCUT2D eigenvalue weighted by Gasteiger charge is -2.41. The van der Waals surface area contributed by atoms with E-state index in [1.54, 1.807) is 0 Å². The molecule has 1 aliphatic heterocycles. The van der Waals surface area contributed by atoms with E-state index in [4.69, 9.17) is 18.0 Å². The lowest BCUT2D eigenvalue weighted by Crippen LogP contribution is -2.40. The summed E-state index contributed by atoms with van der Waals surface area (Å²) < 4.78 is 0. The molecule has 0 bridgehead atoms. The van der Waals surface area contributed by atoms with E-state index in [9.17, 15) is 0 Å². The molecule has 0 saturated carbocycles. The molecule has 100 valence electrons. The number of thiocarbonyl (C=S) groups is 1. The predicted octanol–water partition coefficient (Wildman–Crippen LogP) is 3.35. The quantitative estimate of drug-likeness (QED) is 0.559. The van der Waals surface area contributed by atoms with Gasteiger partial charge in [0.05, 0.1) is 4.99 Å². The third-order valence-corrected chi connectivity index (χ3v) is 4.77. The normalized spacial score (nSPS) is 20.4. The highest BCUT2D eigenvalue weighted by Crippen LogP contribution is 2.37. The first kappa shape index (κ1) is 14.9. The second-order valence-corrected chi connectivity index (χ2v) is 6.00. The van der Waals surface area contributed by atoms with Crippen LogP contribution in [0.15, 0.2) is 0 Å². The van der Waals surface area contributed by atoms with Crippen LogP contribution in [-0.2, 0) is 0 Å². The second kappa shape index (κ2) is 7.32. The van der Waals surface area contributed by atoms with Gasteiger partial charge in [0.15, 0.2) is 0 Å². The van der Waals surface area contributed by atoms with E-state index >= 15 is 0 Å². The zero-order valence-electron chi connectivity index (χ0n) is 11.5. The van der Waals surface area contributed by atoms with Crippen LogP contribution in [0.5, 0.6) is 0 Å². The van der Waals surface area contributed by atoms with E-state index < -0.39 is 0 Å². The molecule has 1 saturated heterocycles. The number of nitrogens with two attached hydrogens (primary N) is 1. The third-order valence-electron chi connectivity index (χ3n) is 4.56. The van der Waals surface area contributed by atoms with Gasteiger partial charge in [0.2, 0.25) is 0 Å². The van der Waals surface area contributed by atoms with Crippen LogP contribution in [0.1, 0.15) is 58.8 Å². The van der Waals surface area contributed by atoms with E-state index in [1.165, 1.54) is 51.7 Å². The van der Waals surface area contributed by atoms with E-state index in [-0.39, 0.29) is 0 Å². The maximum Gasteiger partial charge on any atom is 0.0727 e. The summed E-state index contributed by atoms with van der Waals surface area (Å²) in [6, 6.07) is 0. The average molecular weight is 256 g/mol. The Morgan fingerprint density at radius 1 is 1.18 bits per heavy atom. The molecule has 3 heteroatoms. The molecule has 17 heavy (non-hydrogen) atoms. The van der Waals surface area contributed by atoms with Gasteiger partial charge in [-0.3, -0.25) is 0 Å². The lowest BCUT2D eigenvalue weighted by atomic mass is 9.74. The highest BCUT2D eigenvalue weighted by Gasteiger charge is 2.30. The minimum Gasteiger partial charge on any atom is -0.393 e. The molecule has 2 N–H and O–H groups in total. The number of rotatable bonds is 7. The summed E-state index contributed by atoms with van der Waals surface area (Å²) in [5.41, 5.74) is 6.15. The molecule has 1 fully saturated rings. The number of hydrogen-bond acceptors (Lipinski definition) is 2. The summed E-state index contributed by atoms with van der Waals surface area (Å²) in [7, 11) is 0. The molecule has 0 aromatic rings. The van der Waals surface area contributed by atoms with Gasteiger partial charge in [-0.25, -0.2) is 0 Å². The van der Waals surface area contributed by atoms with E-state index in [0.717, 1.165) is 12.8 Å². The molecule has 1 rings (SSSR count). The predicted molar refractivity (Wildman–Crippen MR) is 79.3 cm³/mol. The zero-order valence-corrected chi connectivity index (χ0v) is 12.3. The van der Waals surface area contributed by atoms with Gasteiger partial charge in [0.25, 0.3) is 0 Å². The first-order valence-corrected chi connectivity index (χ1v) is 7.53. The molecule has 0 aliphatic carbocycles. The Morgan fingerprint density at radius 2 is 1.76 bits per heavy atom. The van der Waals surface area contributed by atoms with Crippen LogP contribution >= 0.6 is 12.2 Å².